The lowest BCUT2D eigenvalue weighted by Crippen LogP contribution is -2.47. The standard InChI is InChI=1S/C16H24N2O3S/c1-12-6-2-3-7-15(12)22(20,21)17-13-8-9-14(16(13)19)18-10-4-5-11-18/h2-3,6-7,13-14,16-17,19H,4-5,8-11H2,1H3/t13-,14-,16-/m1/s1. The van der Waals surface area contributed by atoms with Gasteiger partial charge in [-0.05, 0) is 57.3 Å². The third-order valence-electron chi connectivity index (χ3n) is 4.88. The van der Waals surface area contributed by atoms with E-state index in [1.54, 1.807) is 25.1 Å². The average molecular weight is 324 g/mol. The van der Waals surface area contributed by atoms with Gasteiger partial charge in [0.05, 0.1) is 11.0 Å². The molecule has 0 amide bonds. The maximum absolute atomic E-state index is 12.5. The summed E-state index contributed by atoms with van der Waals surface area (Å²) < 4.78 is 27.8. The first-order chi connectivity index (χ1) is 10.5. The molecular formula is C16H24N2O3S. The largest absolute Gasteiger partial charge is 0.390 e. The molecule has 5 nitrogen and oxygen atoms in total. The molecule has 1 heterocycles. The van der Waals surface area contributed by atoms with Gasteiger partial charge in [0, 0.05) is 12.1 Å². The van der Waals surface area contributed by atoms with Crippen molar-refractivity contribution in [2.45, 2.75) is 55.7 Å². The van der Waals surface area contributed by atoms with E-state index in [1.165, 1.54) is 12.8 Å². The van der Waals surface area contributed by atoms with Crippen LogP contribution in [-0.2, 0) is 10.0 Å². The van der Waals surface area contributed by atoms with Crippen molar-refractivity contribution in [2.75, 3.05) is 13.1 Å². The lowest BCUT2D eigenvalue weighted by atomic mass is 10.1. The fourth-order valence-corrected chi connectivity index (χ4v) is 5.21. The molecule has 2 N–H and O–H groups in total. The van der Waals surface area contributed by atoms with Gasteiger partial charge in [0.1, 0.15) is 0 Å². The monoisotopic (exact) mass is 324 g/mol. The highest BCUT2D eigenvalue weighted by molar-refractivity contribution is 7.89. The summed E-state index contributed by atoms with van der Waals surface area (Å²) in [6.45, 7) is 3.81. The summed E-state index contributed by atoms with van der Waals surface area (Å²) in [6.07, 6.45) is 3.25. The number of nitrogens with one attached hydrogen (secondary N) is 1. The molecule has 0 spiro atoms. The van der Waals surface area contributed by atoms with Gasteiger partial charge in [-0.15, -0.1) is 0 Å². The molecule has 1 aromatic carbocycles. The first-order valence-electron chi connectivity index (χ1n) is 7.99. The Balaban J connectivity index is 1.72. The zero-order valence-electron chi connectivity index (χ0n) is 12.9. The number of hydrogen-bond acceptors (Lipinski definition) is 4. The summed E-state index contributed by atoms with van der Waals surface area (Å²) in [5.74, 6) is 0. The molecule has 3 rings (SSSR count). The Labute approximate surface area is 132 Å². The quantitative estimate of drug-likeness (QED) is 0.875. The van der Waals surface area contributed by atoms with Gasteiger partial charge < -0.3 is 5.11 Å². The number of likely N-dealkylation sites (tertiary alicyclic amines) is 1. The second-order valence-electron chi connectivity index (χ2n) is 6.37. The number of aryl methyl sites for hydroxylation is 1. The zero-order valence-corrected chi connectivity index (χ0v) is 13.7. The summed E-state index contributed by atoms with van der Waals surface area (Å²) >= 11 is 0. The van der Waals surface area contributed by atoms with Crippen LogP contribution in [0, 0.1) is 6.92 Å². The zero-order chi connectivity index (χ0) is 15.7. The Morgan fingerprint density at radius 1 is 1.18 bits per heavy atom. The van der Waals surface area contributed by atoms with Crippen LogP contribution in [0.5, 0.6) is 0 Å². The first-order valence-corrected chi connectivity index (χ1v) is 9.47. The molecule has 1 saturated heterocycles. The molecule has 6 heteroatoms. The van der Waals surface area contributed by atoms with Crippen molar-refractivity contribution in [3.05, 3.63) is 29.8 Å². The van der Waals surface area contributed by atoms with E-state index in [2.05, 4.69) is 9.62 Å². The van der Waals surface area contributed by atoms with E-state index < -0.39 is 22.2 Å². The van der Waals surface area contributed by atoms with Crippen LogP contribution < -0.4 is 4.72 Å². The molecule has 2 aliphatic rings. The second kappa shape index (κ2) is 6.28. The van der Waals surface area contributed by atoms with E-state index in [0.29, 0.717) is 11.3 Å². The van der Waals surface area contributed by atoms with Gasteiger partial charge in [-0.1, -0.05) is 18.2 Å². The molecule has 0 radical (unpaired) electrons. The van der Waals surface area contributed by atoms with Crippen LogP contribution in [-0.4, -0.2) is 49.7 Å². The van der Waals surface area contributed by atoms with E-state index in [1.807, 2.05) is 6.07 Å². The van der Waals surface area contributed by atoms with E-state index in [4.69, 9.17) is 0 Å². The van der Waals surface area contributed by atoms with Crippen LogP contribution in [0.15, 0.2) is 29.2 Å². The van der Waals surface area contributed by atoms with Crippen LogP contribution in [0.4, 0.5) is 0 Å². The number of aliphatic hydroxyl groups excluding tert-OH is 1. The average Bonchev–Trinajstić information content (AvgIpc) is 3.10. The molecule has 3 atom stereocenters. The number of hydrogen-bond donors (Lipinski definition) is 2. The lowest BCUT2D eigenvalue weighted by Gasteiger charge is -2.28. The molecule has 0 bridgehead atoms. The third kappa shape index (κ3) is 3.06. The van der Waals surface area contributed by atoms with Crippen LogP contribution in [0.25, 0.3) is 0 Å². The summed E-state index contributed by atoms with van der Waals surface area (Å²) in [7, 11) is -3.58. The Morgan fingerprint density at radius 3 is 2.55 bits per heavy atom. The Kier molecular flexibility index (Phi) is 4.54. The number of benzene rings is 1. The topological polar surface area (TPSA) is 69.6 Å². The highest BCUT2D eigenvalue weighted by Crippen LogP contribution is 2.29. The molecule has 1 aromatic rings. The SMILES string of the molecule is Cc1ccccc1S(=O)(=O)N[C@@H]1CC[C@@H](N2CCCC2)[C@@H]1O. The molecule has 1 aliphatic heterocycles. The van der Waals surface area contributed by atoms with Crippen molar-refractivity contribution in [2.24, 2.45) is 0 Å². The van der Waals surface area contributed by atoms with Gasteiger partial charge in [-0.25, -0.2) is 13.1 Å². The molecule has 122 valence electrons. The maximum Gasteiger partial charge on any atom is 0.241 e. The second-order valence-corrected chi connectivity index (χ2v) is 8.05. The Bertz CT molecular complexity index is 626. The summed E-state index contributed by atoms with van der Waals surface area (Å²) in [4.78, 5) is 2.60. The van der Waals surface area contributed by atoms with Crippen molar-refractivity contribution in [1.82, 2.24) is 9.62 Å². The lowest BCUT2D eigenvalue weighted by molar-refractivity contribution is 0.0725. The van der Waals surface area contributed by atoms with Gasteiger partial charge in [0.2, 0.25) is 10.0 Å². The number of sulfonamides is 1. The molecule has 1 saturated carbocycles. The van der Waals surface area contributed by atoms with E-state index in [9.17, 15) is 13.5 Å². The van der Waals surface area contributed by atoms with Gasteiger partial charge in [-0.3, -0.25) is 4.90 Å². The predicted octanol–water partition coefficient (Wildman–Crippen LogP) is 1.26. The Hall–Kier alpha value is -0.950. The highest BCUT2D eigenvalue weighted by Gasteiger charge is 2.40. The molecule has 1 aliphatic carbocycles. The van der Waals surface area contributed by atoms with Crippen molar-refractivity contribution in [3.8, 4) is 0 Å². The van der Waals surface area contributed by atoms with Crippen molar-refractivity contribution in [1.29, 1.82) is 0 Å². The Morgan fingerprint density at radius 2 is 1.86 bits per heavy atom. The predicted molar refractivity (Wildman–Crippen MR) is 85.1 cm³/mol. The third-order valence-corrected chi connectivity index (χ3v) is 6.53. The van der Waals surface area contributed by atoms with Crippen molar-refractivity contribution in [3.63, 3.8) is 0 Å². The van der Waals surface area contributed by atoms with Crippen LogP contribution in [0.3, 0.4) is 0 Å². The molecular weight excluding hydrogens is 300 g/mol. The van der Waals surface area contributed by atoms with Gasteiger partial charge in [0.25, 0.3) is 0 Å². The van der Waals surface area contributed by atoms with E-state index >= 15 is 0 Å². The smallest absolute Gasteiger partial charge is 0.241 e. The minimum atomic E-state index is -3.58. The van der Waals surface area contributed by atoms with Gasteiger partial charge >= 0.3 is 0 Å². The normalized spacial score (nSPS) is 30.0. The van der Waals surface area contributed by atoms with E-state index in [0.717, 1.165) is 25.1 Å². The highest BCUT2D eigenvalue weighted by atomic mass is 32.2. The number of nitrogens with zero attached hydrogens (tertiary/aromatic N) is 1. The van der Waals surface area contributed by atoms with Crippen molar-refractivity contribution >= 4 is 10.0 Å². The minimum Gasteiger partial charge on any atom is -0.390 e. The fourth-order valence-electron chi connectivity index (χ4n) is 3.68. The van der Waals surface area contributed by atoms with E-state index in [-0.39, 0.29) is 6.04 Å². The molecule has 0 unspecified atom stereocenters. The summed E-state index contributed by atoms with van der Waals surface area (Å²) in [6, 6.07) is 6.63. The maximum atomic E-state index is 12.5. The van der Waals surface area contributed by atoms with Crippen LogP contribution in [0.1, 0.15) is 31.2 Å². The van der Waals surface area contributed by atoms with Crippen LogP contribution >= 0.6 is 0 Å². The fraction of sp³-hybridized carbons (Fsp3) is 0.625. The molecule has 22 heavy (non-hydrogen) atoms. The van der Waals surface area contributed by atoms with Gasteiger partial charge in [-0.2, -0.15) is 0 Å². The molecule has 2 fully saturated rings. The van der Waals surface area contributed by atoms with Crippen molar-refractivity contribution < 1.29 is 13.5 Å². The summed E-state index contributed by atoms with van der Waals surface area (Å²) in [5.41, 5.74) is 0.721. The number of rotatable bonds is 4. The van der Waals surface area contributed by atoms with Gasteiger partial charge in [0.15, 0.2) is 0 Å². The van der Waals surface area contributed by atoms with Crippen LogP contribution in [0.2, 0.25) is 0 Å². The number of aliphatic hydroxyl groups is 1. The summed E-state index contributed by atoms with van der Waals surface area (Å²) in [5, 5.41) is 10.5. The first kappa shape index (κ1) is 15.9. The molecule has 0 aromatic heterocycles. The minimum absolute atomic E-state index is 0.0899.